The van der Waals surface area contributed by atoms with Crippen LogP contribution in [0, 0.1) is 5.82 Å². The number of benzene rings is 2. The molecule has 0 bridgehead atoms. The van der Waals surface area contributed by atoms with Crippen molar-refractivity contribution in [2.24, 2.45) is 0 Å². The Morgan fingerprint density at radius 1 is 0.808 bits per heavy atom. The minimum atomic E-state index is -0.259. The Bertz CT molecular complexity index is 994. The number of hydrogen-bond acceptors (Lipinski definition) is 2. The molecule has 4 heteroatoms. The lowest BCUT2D eigenvalue weighted by Gasteiger charge is -2.07. The number of nitrogens with zero attached hydrogens (tertiary/aromatic N) is 2. The fourth-order valence-corrected chi connectivity index (χ4v) is 3.15. The highest BCUT2D eigenvalue weighted by Gasteiger charge is 2.16. The van der Waals surface area contributed by atoms with E-state index in [1.165, 1.54) is 17.7 Å². The zero-order chi connectivity index (χ0) is 17.8. The van der Waals surface area contributed by atoms with Crippen LogP contribution in [0.2, 0.25) is 0 Å². The lowest BCUT2D eigenvalue weighted by Crippen LogP contribution is -1.95. The molecular formula is C22H18FN3. The number of H-pyrrole nitrogens is 1. The van der Waals surface area contributed by atoms with Gasteiger partial charge in [-0.3, -0.25) is 10.1 Å². The number of aromatic nitrogens is 3. The van der Waals surface area contributed by atoms with Gasteiger partial charge in [0.2, 0.25) is 0 Å². The van der Waals surface area contributed by atoms with E-state index in [9.17, 15) is 4.39 Å². The van der Waals surface area contributed by atoms with Gasteiger partial charge in [0.25, 0.3) is 0 Å². The number of halogens is 1. The van der Waals surface area contributed by atoms with Crippen molar-refractivity contribution in [1.82, 2.24) is 15.2 Å². The van der Waals surface area contributed by atoms with E-state index in [1.807, 2.05) is 36.4 Å². The number of hydrogen-bond donors (Lipinski definition) is 1. The second kappa shape index (κ2) is 7.31. The Hall–Kier alpha value is -3.27. The molecular weight excluding hydrogens is 325 g/mol. The van der Waals surface area contributed by atoms with Crippen LogP contribution in [0.3, 0.4) is 0 Å². The van der Waals surface area contributed by atoms with Crippen LogP contribution in [0.25, 0.3) is 22.5 Å². The largest absolute Gasteiger partial charge is 0.277 e. The number of rotatable bonds is 5. The van der Waals surface area contributed by atoms with Crippen LogP contribution in [-0.4, -0.2) is 15.2 Å². The maximum Gasteiger partial charge on any atom is 0.123 e. The summed E-state index contributed by atoms with van der Waals surface area (Å²) in [5.74, 6) is -0.259. The van der Waals surface area contributed by atoms with Crippen molar-refractivity contribution in [3.8, 4) is 22.5 Å². The fourth-order valence-electron chi connectivity index (χ4n) is 3.15. The molecule has 2 heterocycles. The number of aromatic amines is 1. The van der Waals surface area contributed by atoms with Crippen LogP contribution < -0.4 is 0 Å². The van der Waals surface area contributed by atoms with Gasteiger partial charge < -0.3 is 0 Å². The molecule has 0 aliphatic rings. The molecule has 0 fully saturated rings. The van der Waals surface area contributed by atoms with Crippen molar-refractivity contribution in [1.29, 1.82) is 0 Å². The van der Waals surface area contributed by atoms with Crippen molar-refractivity contribution in [2.75, 3.05) is 0 Å². The molecule has 0 amide bonds. The summed E-state index contributed by atoms with van der Waals surface area (Å²) < 4.78 is 13.7. The summed E-state index contributed by atoms with van der Waals surface area (Å²) in [4.78, 5) is 4.09. The third-order valence-electron chi connectivity index (χ3n) is 4.44. The van der Waals surface area contributed by atoms with Crippen molar-refractivity contribution in [3.63, 3.8) is 0 Å². The predicted octanol–water partition coefficient (Wildman–Crippen LogP) is 5.06. The second-order valence-electron chi connectivity index (χ2n) is 6.16. The first kappa shape index (κ1) is 16.2. The third-order valence-corrected chi connectivity index (χ3v) is 4.44. The SMILES string of the molecule is Fc1cccc(-c2n[nH]c(-c3ccncc3)c2CCc2ccccc2)c1. The van der Waals surface area contributed by atoms with Gasteiger partial charge >= 0.3 is 0 Å². The molecule has 3 nitrogen and oxygen atoms in total. The van der Waals surface area contributed by atoms with Gasteiger partial charge in [-0.15, -0.1) is 0 Å². The minimum absolute atomic E-state index is 0.259. The molecule has 2 aromatic heterocycles. The maximum absolute atomic E-state index is 13.7. The lowest BCUT2D eigenvalue weighted by atomic mass is 9.97. The van der Waals surface area contributed by atoms with Gasteiger partial charge in [-0.1, -0.05) is 42.5 Å². The van der Waals surface area contributed by atoms with Crippen molar-refractivity contribution >= 4 is 0 Å². The molecule has 0 aliphatic carbocycles. The fraction of sp³-hybridized carbons (Fsp3) is 0.0909. The average Bonchev–Trinajstić information content (AvgIpc) is 3.12. The first-order chi connectivity index (χ1) is 12.8. The van der Waals surface area contributed by atoms with E-state index in [0.29, 0.717) is 0 Å². The normalized spacial score (nSPS) is 10.8. The molecule has 0 spiro atoms. The molecule has 26 heavy (non-hydrogen) atoms. The van der Waals surface area contributed by atoms with Crippen LogP contribution in [0.1, 0.15) is 11.1 Å². The smallest absolute Gasteiger partial charge is 0.123 e. The van der Waals surface area contributed by atoms with Gasteiger partial charge in [-0.2, -0.15) is 5.10 Å². The molecule has 0 radical (unpaired) electrons. The second-order valence-corrected chi connectivity index (χ2v) is 6.16. The summed E-state index contributed by atoms with van der Waals surface area (Å²) in [6.07, 6.45) is 5.23. The van der Waals surface area contributed by atoms with E-state index < -0.39 is 0 Å². The zero-order valence-corrected chi connectivity index (χ0v) is 14.2. The quantitative estimate of drug-likeness (QED) is 0.550. The monoisotopic (exact) mass is 343 g/mol. The van der Waals surface area contributed by atoms with Gasteiger partial charge in [0.15, 0.2) is 0 Å². The molecule has 4 aromatic rings. The van der Waals surface area contributed by atoms with E-state index >= 15 is 0 Å². The minimum Gasteiger partial charge on any atom is -0.277 e. The highest BCUT2D eigenvalue weighted by atomic mass is 19.1. The zero-order valence-electron chi connectivity index (χ0n) is 14.2. The van der Waals surface area contributed by atoms with Crippen LogP contribution in [0.4, 0.5) is 4.39 Å². The van der Waals surface area contributed by atoms with Crippen LogP contribution in [-0.2, 0) is 12.8 Å². The Labute approximate surface area is 151 Å². The molecule has 2 aromatic carbocycles. The first-order valence-electron chi connectivity index (χ1n) is 8.59. The summed E-state index contributed by atoms with van der Waals surface area (Å²) >= 11 is 0. The first-order valence-corrected chi connectivity index (χ1v) is 8.59. The van der Waals surface area contributed by atoms with Crippen LogP contribution in [0.5, 0.6) is 0 Å². The third kappa shape index (κ3) is 3.40. The number of aryl methyl sites for hydroxylation is 1. The molecule has 0 aliphatic heterocycles. The summed E-state index contributed by atoms with van der Waals surface area (Å²) in [5.41, 5.74) is 5.92. The molecule has 1 N–H and O–H groups in total. The number of nitrogens with one attached hydrogen (secondary N) is 1. The van der Waals surface area contributed by atoms with E-state index in [1.54, 1.807) is 18.5 Å². The Balaban J connectivity index is 1.75. The van der Waals surface area contributed by atoms with E-state index in [-0.39, 0.29) is 5.82 Å². The Kier molecular flexibility index (Phi) is 4.56. The molecule has 0 saturated carbocycles. The topological polar surface area (TPSA) is 41.6 Å². The van der Waals surface area contributed by atoms with E-state index in [0.717, 1.165) is 40.9 Å². The van der Waals surface area contributed by atoms with Crippen LogP contribution >= 0.6 is 0 Å². The highest BCUT2D eigenvalue weighted by molar-refractivity contribution is 5.74. The lowest BCUT2D eigenvalue weighted by molar-refractivity contribution is 0.628. The predicted molar refractivity (Wildman–Crippen MR) is 101 cm³/mol. The highest BCUT2D eigenvalue weighted by Crippen LogP contribution is 2.31. The summed E-state index contributed by atoms with van der Waals surface area (Å²) in [6.45, 7) is 0. The standard InChI is InChI=1S/C22H18FN3/c23-19-8-4-7-18(15-19)22-20(10-9-16-5-2-1-3-6-16)21(25-26-22)17-11-13-24-14-12-17/h1-8,11-15H,9-10H2,(H,25,26). The van der Waals surface area contributed by atoms with Gasteiger partial charge in [-0.05, 0) is 42.7 Å². The Morgan fingerprint density at radius 3 is 2.38 bits per heavy atom. The van der Waals surface area contributed by atoms with Gasteiger partial charge in [0.1, 0.15) is 5.82 Å². The molecule has 4 rings (SSSR count). The average molecular weight is 343 g/mol. The molecule has 0 atom stereocenters. The van der Waals surface area contributed by atoms with Gasteiger partial charge in [0, 0.05) is 29.1 Å². The van der Waals surface area contributed by atoms with Crippen molar-refractivity contribution in [3.05, 3.63) is 96.1 Å². The van der Waals surface area contributed by atoms with E-state index in [4.69, 9.17) is 0 Å². The van der Waals surface area contributed by atoms with Crippen molar-refractivity contribution < 1.29 is 4.39 Å². The van der Waals surface area contributed by atoms with Crippen LogP contribution in [0.15, 0.2) is 79.1 Å². The maximum atomic E-state index is 13.7. The molecule has 0 saturated heterocycles. The van der Waals surface area contributed by atoms with E-state index in [2.05, 4.69) is 27.3 Å². The summed E-state index contributed by atoms with van der Waals surface area (Å²) in [6, 6.07) is 20.8. The van der Waals surface area contributed by atoms with Gasteiger partial charge in [-0.25, -0.2) is 4.39 Å². The summed E-state index contributed by atoms with van der Waals surface area (Å²) in [5, 5.41) is 7.65. The molecule has 0 unspecified atom stereocenters. The number of pyridine rings is 1. The summed E-state index contributed by atoms with van der Waals surface area (Å²) in [7, 11) is 0. The van der Waals surface area contributed by atoms with Crippen molar-refractivity contribution in [2.45, 2.75) is 12.8 Å². The Morgan fingerprint density at radius 2 is 1.62 bits per heavy atom. The van der Waals surface area contributed by atoms with Gasteiger partial charge in [0.05, 0.1) is 11.4 Å². The molecule has 128 valence electrons.